The van der Waals surface area contributed by atoms with Gasteiger partial charge in [-0.25, -0.2) is 9.97 Å². The van der Waals surface area contributed by atoms with Gasteiger partial charge in [-0.2, -0.15) is 0 Å². The van der Waals surface area contributed by atoms with Crippen LogP contribution < -0.4 is 0 Å². The standard InChI is InChI=1S/C12H15ClN4S2/c1-6-8(13)14-10(12(3,4)5)15-9(6)19-11-17-16-7(2)18-11/h1-5H3. The van der Waals surface area contributed by atoms with Crippen LogP contribution in [0, 0.1) is 13.8 Å². The predicted octanol–water partition coefficient (Wildman–Crippen LogP) is 4.05. The van der Waals surface area contributed by atoms with E-state index in [1.807, 2.05) is 13.8 Å². The lowest BCUT2D eigenvalue weighted by atomic mass is 9.96. The quantitative estimate of drug-likeness (QED) is 0.783. The van der Waals surface area contributed by atoms with E-state index < -0.39 is 0 Å². The van der Waals surface area contributed by atoms with E-state index in [1.165, 1.54) is 11.8 Å². The van der Waals surface area contributed by atoms with Gasteiger partial charge in [-0.15, -0.1) is 10.2 Å². The molecule has 0 bridgehead atoms. The summed E-state index contributed by atoms with van der Waals surface area (Å²) in [6.45, 7) is 10.1. The molecule has 2 aromatic heterocycles. The van der Waals surface area contributed by atoms with Gasteiger partial charge in [-0.3, -0.25) is 0 Å². The maximum absolute atomic E-state index is 6.20. The number of halogens is 1. The van der Waals surface area contributed by atoms with Gasteiger partial charge in [0.25, 0.3) is 0 Å². The normalized spacial score (nSPS) is 11.9. The second-order valence-electron chi connectivity index (χ2n) is 5.21. The highest BCUT2D eigenvalue weighted by Gasteiger charge is 2.21. The summed E-state index contributed by atoms with van der Waals surface area (Å²) in [5.41, 5.74) is 0.747. The van der Waals surface area contributed by atoms with Gasteiger partial charge in [0.15, 0.2) is 4.34 Å². The van der Waals surface area contributed by atoms with E-state index in [0.717, 1.165) is 25.8 Å². The third-order valence-electron chi connectivity index (χ3n) is 2.40. The topological polar surface area (TPSA) is 51.6 Å². The summed E-state index contributed by atoms with van der Waals surface area (Å²) in [5, 5.41) is 10.4. The van der Waals surface area contributed by atoms with Crippen molar-refractivity contribution in [2.45, 2.75) is 49.4 Å². The maximum Gasteiger partial charge on any atom is 0.180 e. The zero-order valence-corrected chi connectivity index (χ0v) is 13.9. The average Bonchev–Trinajstić information content (AvgIpc) is 2.69. The molecule has 0 N–H and O–H groups in total. The predicted molar refractivity (Wildman–Crippen MR) is 79.2 cm³/mol. The molecule has 19 heavy (non-hydrogen) atoms. The van der Waals surface area contributed by atoms with Crippen molar-refractivity contribution in [2.75, 3.05) is 0 Å². The third kappa shape index (κ3) is 3.43. The van der Waals surface area contributed by atoms with Gasteiger partial charge in [0.05, 0.1) is 0 Å². The van der Waals surface area contributed by atoms with Crippen LogP contribution >= 0.6 is 34.7 Å². The Morgan fingerprint density at radius 3 is 2.32 bits per heavy atom. The van der Waals surface area contributed by atoms with Gasteiger partial charge in [0.2, 0.25) is 0 Å². The van der Waals surface area contributed by atoms with Gasteiger partial charge in [0, 0.05) is 11.0 Å². The zero-order valence-electron chi connectivity index (χ0n) is 11.5. The van der Waals surface area contributed by atoms with E-state index in [2.05, 4.69) is 40.9 Å². The van der Waals surface area contributed by atoms with Crippen LogP contribution in [0.4, 0.5) is 0 Å². The van der Waals surface area contributed by atoms with Crippen molar-refractivity contribution in [1.29, 1.82) is 0 Å². The molecule has 0 aliphatic rings. The zero-order chi connectivity index (χ0) is 14.2. The summed E-state index contributed by atoms with van der Waals surface area (Å²) in [7, 11) is 0. The van der Waals surface area contributed by atoms with Gasteiger partial charge < -0.3 is 0 Å². The molecule has 2 heterocycles. The first kappa shape index (κ1) is 14.7. The van der Waals surface area contributed by atoms with Crippen molar-refractivity contribution in [3.63, 3.8) is 0 Å². The molecule has 0 saturated carbocycles. The van der Waals surface area contributed by atoms with Crippen LogP contribution in [0.15, 0.2) is 9.37 Å². The van der Waals surface area contributed by atoms with E-state index in [1.54, 1.807) is 11.3 Å². The molecule has 0 aliphatic carbocycles. The van der Waals surface area contributed by atoms with Crippen LogP contribution in [0.1, 0.15) is 37.2 Å². The van der Waals surface area contributed by atoms with Crippen molar-refractivity contribution in [2.24, 2.45) is 0 Å². The molecule has 0 aliphatic heterocycles. The number of aryl methyl sites for hydroxylation is 1. The third-order valence-corrected chi connectivity index (χ3v) is 4.75. The molecule has 0 amide bonds. The van der Waals surface area contributed by atoms with Crippen molar-refractivity contribution in [3.8, 4) is 0 Å². The van der Waals surface area contributed by atoms with Crippen molar-refractivity contribution < 1.29 is 0 Å². The molecule has 0 atom stereocenters. The number of aromatic nitrogens is 4. The maximum atomic E-state index is 6.20. The molecule has 0 spiro atoms. The second-order valence-corrected chi connectivity index (χ2v) is 7.98. The molecule has 0 unspecified atom stereocenters. The van der Waals surface area contributed by atoms with Crippen LogP contribution in [-0.2, 0) is 5.41 Å². The lowest BCUT2D eigenvalue weighted by Crippen LogP contribution is -2.17. The van der Waals surface area contributed by atoms with Crippen molar-refractivity contribution >= 4 is 34.7 Å². The number of hydrogen-bond acceptors (Lipinski definition) is 6. The lowest BCUT2D eigenvalue weighted by Gasteiger charge is -2.18. The molecule has 102 valence electrons. The minimum absolute atomic E-state index is 0.135. The van der Waals surface area contributed by atoms with E-state index in [9.17, 15) is 0 Å². The molecule has 0 radical (unpaired) electrons. The summed E-state index contributed by atoms with van der Waals surface area (Å²) < 4.78 is 0.871. The average molecular weight is 315 g/mol. The fraction of sp³-hybridized carbons (Fsp3) is 0.500. The fourth-order valence-electron chi connectivity index (χ4n) is 1.31. The second kappa shape index (κ2) is 5.34. The van der Waals surface area contributed by atoms with E-state index in [4.69, 9.17) is 11.6 Å². The first-order chi connectivity index (χ1) is 8.77. The highest BCUT2D eigenvalue weighted by molar-refractivity contribution is 8.01. The molecule has 0 fully saturated rings. The van der Waals surface area contributed by atoms with Crippen molar-refractivity contribution in [3.05, 3.63) is 21.5 Å². The Labute approximate surface area is 126 Å². The first-order valence-corrected chi connectivity index (χ1v) is 7.81. The highest BCUT2D eigenvalue weighted by Crippen LogP contribution is 2.34. The monoisotopic (exact) mass is 314 g/mol. The molecular formula is C12H15ClN4S2. The number of rotatable bonds is 2. The Morgan fingerprint density at radius 2 is 1.79 bits per heavy atom. The van der Waals surface area contributed by atoms with E-state index >= 15 is 0 Å². The van der Waals surface area contributed by atoms with Crippen molar-refractivity contribution in [1.82, 2.24) is 20.2 Å². The lowest BCUT2D eigenvalue weighted by molar-refractivity contribution is 0.537. The van der Waals surface area contributed by atoms with Gasteiger partial charge in [-0.1, -0.05) is 43.7 Å². The minimum atomic E-state index is -0.135. The molecule has 0 aromatic carbocycles. The largest absolute Gasteiger partial charge is 0.225 e. The molecular weight excluding hydrogens is 300 g/mol. The van der Waals surface area contributed by atoms with Crippen LogP contribution in [-0.4, -0.2) is 20.2 Å². The van der Waals surface area contributed by atoms with E-state index in [0.29, 0.717) is 5.15 Å². The number of hydrogen-bond donors (Lipinski definition) is 0. The highest BCUT2D eigenvalue weighted by atomic mass is 35.5. The van der Waals surface area contributed by atoms with Crippen LogP contribution in [0.5, 0.6) is 0 Å². The number of nitrogens with zero attached hydrogens (tertiary/aromatic N) is 4. The molecule has 2 aromatic rings. The Morgan fingerprint density at radius 1 is 1.11 bits per heavy atom. The molecule has 0 saturated heterocycles. The Hall–Kier alpha value is -0.720. The Balaban J connectivity index is 2.41. The summed E-state index contributed by atoms with van der Waals surface area (Å²) in [4.78, 5) is 8.98. The Kier molecular flexibility index (Phi) is 4.13. The van der Waals surface area contributed by atoms with Gasteiger partial charge in [0.1, 0.15) is 21.0 Å². The molecule has 4 nitrogen and oxygen atoms in total. The fourth-order valence-corrected chi connectivity index (χ4v) is 3.34. The van der Waals surface area contributed by atoms with E-state index in [-0.39, 0.29) is 5.41 Å². The van der Waals surface area contributed by atoms with Crippen LogP contribution in [0.25, 0.3) is 0 Å². The summed E-state index contributed by atoms with van der Waals surface area (Å²) in [6, 6.07) is 0. The molecule has 7 heteroatoms. The first-order valence-electron chi connectivity index (χ1n) is 5.80. The Bertz CT molecular complexity index is 604. The minimum Gasteiger partial charge on any atom is -0.225 e. The summed E-state index contributed by atoms with van der Waals surface area (Å²) in [5.74, 6) is 0.742. The summed E-state index contributed by atoms with van der Waals surface area (Å²) in [6.07, 6.45) is 0. The molecule has 2 rings (SSSR count). The summed E-state index contributed by atoms with van der Waals surface area (Å²) >= 11 is 9.24. The van der Waals surface area contributed by atoms with Crippen LogP contribution in [0.2, 0.25) is 5.15 Å². The van der Waals surface area contributed by atoms with Gasteiger partial charge in [-0.05, 0) is 25.6 Å². The smallest absolute Gasteiger partial charge is 0.180 e. The SMILES string of the molecule is Cc1nnc(Sc2nc(C(C)(C)C)nc(Cl)c2C)s1. The van der Waals surface area contributed by atoms with Gasteiger partial charge >= 0.3 is 0 Å². The van der Waals surface area contributed by atoms with Crippen LogP contribution in [0.3, 0.4) is 0 Å².